The van der Waals surface area contributed by atoms with Crippen LogP contribution in [-0.4, -0.2) is 63.7 Å². The van der Waals surface area contributed by atoms with Gasteiger partial charge in [-0.05, 0) is 110 Å². The number of carbonyl (C=O) groups is 4. The molecule has 4 aliphatic heterocycles. The molecule has 0 bridgehead atoms. The third-order valence-electron chi connectivity index (χ3n) is 16.1. The maximum absolute atomic E-state index is 14.2. The van der Waals surface area contributed by atoms with Gasteiger partial charge >= 0.3 is 23.9 Å². The van der Waals surface area contributed by atoms with Gasteiger partial charge in [0, 0.05) is 36.3 Å². The zero-order valence-corrected chi connectivity index (χ0v) is 53.9. The Kier molecular flexibility index (Phi) is 18.2. The van der Waals surface area contributed by atoms with Crippen molar-refractivity contribution in [2.24, 2.45) is 0 Å². The Labute approximate surface area is 570 Å². The Morgan fingerprint density at radius 2 is 0.747 bits per heavy atom. The van der Waals surface area contributed by atoms with Gasteiger partial charge in [-0.2, -0.15) is 0 Å². The van der Waals surface area contributed by atoms with Crippen LogP contribution in [0.25, 0.3) is 45.8 Å². The largest absolute Gasteiger partial charge is 0.463 e. The fourth-order valence-corrected chi connectivity index (χ4v) is 12.3. The fraction of sp³-hybridized carbons (Fsp3) is 0.155. The summed E-state index contributed by atoms with van der Waals surface area (Å²) < 4.78 is 71.5. The number of ether oxygens (including phenoxy) is 4. The summed E-state index contributed by atoms with van der Waals surface area (Å²) >= 11 is 11.9. The number of fused-ring (bicyclic) bond motifs is 4. The summed E-state index contributed by atoms with van der Waals surface area (Å²) in [5.74, 6) is -1.35. The molecular formula is C71H54Cl2F2N12O12. The lowest BCUT2D eigenvalue weighted by atomic mass is 9.99. The van der Waals surface area contributed by atoms with E-state index in [9.17, 15) is 28.0 Å². The van der Waals surface area contributed by atoms with Crippen molar-refractivity contribution in [1.29, 1.82) is 0 Å². The Morgan fingerprint density at radius 1 is 0.394 bits per heavy atom. The van der Waals surface area contributed by atoms with E-state index in [4.69, 9.17) is 82.8 Å². The van der Waals surface area contributed by atoms with Gasteiger partial charge in [-0.1, -0.05) is 95.0 Å². The molecule has 4 atom stereocenters. The number of aryl methyl sites for hydroxylation is 3. The summed E-state index contributed by atoms with van der Waals surface area (Å²) in [6.07, 6.45) is 4.60. The lowest BCUT2D eigenvalue weighted by Crippen LogP contribution is -2.08. The van der Waals surface area contributed by atoms with Crippen molar-refractivity contribution in [3.63, 3.8) is 0 Å². The quantitative estimate of drug-likeness (QED) is 0.0652. The number of nitrogens with two attached hydrogens (primary N) is 4. The number of esters is 4. The van der Waals surface area contributed by atoms with Crippen molar-refractivity contribution < 1.29 is 64.6 Å². The van der Waals surface area contributed by atoms with E-state index < -0.39 is 59.9 Å². The van der Waals surface area contributed by atoms with Gasteiger partial charge in [0.25, 0.3) is 0 Å². The molecule has 0 spiro atoms. The van der Waals surface area contributed by atoms with Gasteiger partial charge in [-0.25, -0.2) is 67.8 Å². The van der Waals surface area contributed by atoms with Crippen LogP contribution in [0, 0.1) is 32.4 Å². The first-order chi connectivity index (χ1) is 47.7. The smallest absolute Gasteiger partial charge is 0.343 e. The molecule has 8 N–H and O–H groups in total. The number of hydrogen-bond acceptors (Lipinski definition) is 24. The Hall–Kier alpha value is -12.2. The van der Waals surface area contributed by atoms with Crippen LogP contribution in [-0.2, 0) is 44.6 Å². The molecule has 99 heavy (non-hydrogen) atoms. The summed E-state index contributed by atoms with van der Waals surface area (Å²) in [5, 5.41) is 0.248. The zero-order valence-electron chi connectivity index (χ0n) is 52.4. The highest BCUT2D eigenvalue weighted by Gasteiger charge is 2.42. The summed E-state index contributed by atoms with van der Waals surface area (Å²) in [5.41, 5.74) is 33.3. The lowest BCUT2D eigenvalue weighted by molar-refractivity contribution is 0.0371. The predicted octanol–water partition coefficient (Wildman–Crippen LogP) is 13.6. The standard InChI is InChI=1S/C19H17N3O3.C18H15N3O3.2C17H11ClFN3O3/c1-10-6-11(2)8-12(7-10)9-14-17-15(18(23)25-14)16(21-19(20)22-17)13-4-3-5-24-13;1-10-5-2-3-6-11(10)9-13-16-14(17(22)24-13)15(20-18(19)21-16)12-7-4-8-23-12;18-9-3-1-4-10(19)8(9)7-12-15-13(16(23)25-12)14(21-17(20)22-15)11-5-2-6-24-11;18-9-4-1-3-8(13(9)19)7-11-15-12(16(23)25-11)14(21-17(20)22-15)10-5-2-6-24-10/h3-8,14H,9H2,1-2H3,(H2,20,21,22);2-8,13H,9H2,1H3,(H2,19,20,21);1-6,12H,7H2,(H2,20,21,22);1-6,11H,7H2,(H2,20,21,22). The third kappa shape index (κ3) is 13.6. The molecule has 12 aromatic rings. The highest BCUT2D eigenvalue weighted by Crippen LogP contribution is 2.43. The first-order valence-electron chi connectivity index (χ1n) is 30.4. The first-order valence-corrected chi connectivity index (χ1v) is 31.2. The molecule has 8 aromatic heterocycles. The van der Waals surface area contributed by atoms with Gasteiger partial charge < -0.3 is 59.6 Å². The Morgan fingerprint density at radius 3 is 1.13 bits per heavy atom. The van der Waals surface area contributed by atoms with Gasteiger partial charge in [0.2, 0.25) is 23.8 Å². The number of furan rings is 4. The normalized spacial score (nSPS) is 15.9. The molecule has 498 valence electrons. The minimum absolute atomic E-state index is 0.000484. The number of rotatable bonds is 12. The van der Waals surface area contributed by atoms with Crippen molar-refractivity contribution in [2.75, 3.05) is 22.9 Å². The molecule has 0 fully saturated rings. The number of cyclic esters (lactones) is 4. The summed E-state index contributed by atoms with van der Waals surface area (Å²) in [7, 11) is 0. The predicted molar refractivity (Wildman–Crippen MR) is 354 cm³/mol. The van der Waals surface area contributed by atoms with Crippen LogP contribution in [0.5, 0.6) is 0 Å². The second-order valence-electron chi connectivity index (χ2n) is 22.9. The molecule has 0 radical (unpaired) electrons. The van der Waals surface area contributed by atoms with Crippen LogP contribution in [0.15, 0.2) is 170 Å². The monoisotopic (exact) mass is 1370 g/mol. The molecule has 4 unspecified atom stereocenters. The minimum Gasteiger partial charge on any atom is -0.463 e. The average molecular weight is 1380 g/mol. The van der Waals surface area contributed by atoms with Crippen molar-refractivity contribution >= 4 is 70.9 Å². The summed E-state index contributed by atoms with van der Waals surface area (Å²) in [4.78, 5) is 82.8. The highest BCUT2D eigenvalue weighted by atomic mass is 35.5. The van der Waals surface area contributed by atoms with Crippen molar-refractivity contribution in [2.45, 2.75) is 70.9 Å². The van der Waals surface area contributed by atoms with Gasteiger partial charge in [0.15, 0.2) is 23.0 Å². The van der Waals surface area contributed by atoms with E-state index in [1.54, 1.807) is 66.7 Å². The number of nitrogens with zero attached hydrogens (tertiary/aromatic N) is 8. The van der Waals surface area contributed by atoms with E-state index in [2.05, 4.69) is 58.1 Å². The molecular weight excluding hydrogens is 1320 g/mol. The van der Waals surface area contributed by atoms with Gasteiger partial charge in [0.1, 0.15) is 104 Å². The van der Waals surface area contributed by atoms with E-state index in [1.807, 2.05) is 45.0 Å². The topological polar surface area (TPSA) is 365 Å². The van der Waals surface area contributed by atoms with Crippen molar-refractivity contribution in [3.05, 3.63) is 258 Å². The van der Waals surface area contributed by atoms with Crippen molar-refractivity contribution in [3.8, 4) is 45.8 Å². The van der Waals surface area contributed by atoms with E-state index in [0.29, 0.717) is 86.7 Å². The van der Waals surface area contributed by atoms with Crippen LogP contribution in [0.4, 0.5) is 32.6 Å². The number of aromatic nitrogens is 8. The molecule has 24 nitrogen and oxygen atoms in total. The second-order valence-corrected chi connectivity index (χ2v) is 23.7. The number of hydrogen-bond donors (Lipinski definition) is 4. The highest BCUT2D eigenvalue weighted by molar-refractivity contribution is 6.31. The second kappa shape index (κ2) is 27.5. The van der Waals surface area contributed by atoms with Crippen LogP contribution in [0.3, 0.4) is 0 Å². The number of nitrogen functional groups attached to an aromatic ring is 4. The molecule has 0 saturated carbocycles. The van der Waals surface area contributed by atoms with E-state index in [0.717, 1.165) is 27.8 Å². The first kappa shape index (κ1) is 65.5. The number of anilines is 4. The SMILES string of the molecule is Cc1cc(C)cc(CC2OC(=O)c3c(-c4ccco4)nc(N)nc32)c1.Cc1ccccc1CC1OC(=O)c2c(-c3ccco3)nc(N)nc21.Nc1nc(-c2ccco2)c2c(n1)C(Cc1c(F)cccc1Cl)OC2=O.Nc1nc(-c2ccco2)c2c(n1)C(Cc1cccc(Cl)c1F)OC2=O. The molecule has 4 aliphatic rings. The molecule has 12 heterocycles. The molecule has 0 saturated heterocycles. The zero-order chi connectivity index (χ0) is 69.3. The molecule has 16 rings (SSSR count). The number of carbonyl (C=O) groups excluding carboxylic acids is 4. The minimum atomic E-state index is -0.809. The van der Waals surface area contributed by atoms with Crippen LogP contribution >= 0.6 is 23.2 Å². The van der Waals surface area contributed by atoms with Crippen molar-refractivity contribution in [1.82, 2.24) is 39.9 Å². The van der Waals surface area contributed by atoms with Gasteiger partial charge in [-0.3, -0.25) is 0 Å². The Balaban J connectivity index is 0.000000119. The molecule has 0 amide bonds. The maximum Gasteiger partial charge on any atom is 0.343 e. The number of benzene rings is 4. The summed E-state index contributed by atoms with van der Waals surface area (Å²) in [6.45, 7) is 6.11. The molecule has 4 aromatic carbocycles. The summed E-state index contributed by atoms with van der Waals surface area (Å²) in [6, 6.07) is 36.8. The van der Waals surface area contributed by atoms with E-state index in [1.165, 1.54) is 43.3 Å². The maximum atomic E-state index is 14.2. The molecule has 28 heteroatoms. The van der Waals surface area contributed by atoms with Gasteiger partial charge in [0.05, 0.1) is 30.1 Å². The third-order valence-corrected chi connectivity index (χ3v) is 16.8. The van der Waals surface area contributed by atoms with Crippen LogP contribution < -0.4 is 22.9 Å². The van der Waals surface area contributed by atoms with Crippen LogP contribution in [0.1, 0.15) is 128 Å². The number of halogens is 4. The fourth-order valence-electron chi connectivity index (χ4n) is 11.9. The molecule has 0 aliphatic carbocycles. The lowest BCUT2D eigenvalue weighted by Gasteiger charge is -2.12. The average Bonchev–Trinajstić information content (AvgIpc) is 1.65. The Bertz CT molecular complexity index is 5060. The van der Waals surface area contributed by atoms with E-state index in [-0.39, 0.29) is 74.8 Å². The van der Waals surface area contributed by atoms with Crippen LogP contribution in [0.2, 0.25) is 10.0 Å². The van der Waals surface area contributed by atoms with E-state index >= 15 is 0 Å². The van der Waals surface area contributed by atoms with Gasteiger partial charge in [-0.15, -0.1) is 0 Å².